The summed E-state index contributed by atoms with van der Waals surface area (Å²) in [5, 5.41) is 3.21. The van der Waals surface area contributed by atoms with E-state index in [2.05, 4.69) is 18.2 Å². The van der Waals surface area contributed by atoms with E-state index in [0.717, 1.165) is 6.54 Å². The maximum Gasteiger partial charge on any atom is 2.00 e. The van der Waals surface area contributed by atoms with E-state index in [-0.39, 0.29) is 31.5 Å². The second-order valence-corrected chi connectivity index (χ2v) is 3.03. The molecule has 0 aliphatic carbocycles. The van der Waals surface area contributed by atoms with Crippen LogP contribution in [0, 0.1) is 19.8 Å². The summed E-state index contributed by atoms with van der Waals surface area (Å²) >= 11 is 0. The summed E-state index contributed by atoms with van der Waals surface area (Å²) in [5.41, 5.74) is -0.241. The Balaban J connectivity index is -0.000000405. The predicted molar refractivity (Wildman–Crippen MR) is 50.5 cm³/mol. The van der Waals surface area contributed by atoms with Crippen molar-refractivity contribution in [1.29, 1.82) is 0 Å². The summed E-state index contributed by atoms with van der Waals surface area (Å²) in [4.78, 5) is 0. The molecule has 2 heteroatoms. The molecule has 0 aromatic heterocycles. The van der Waals surface area contributed by atoms with Crippen molar-refractivity contribution in [2.45, 2.75) is 39.2 Å². The first-order valence-electron chi connectivity index (χ1n) is 3.81. The van der Waals surface area contributed by atoms with Crippen LogP contribution in [0.3, 0.4) is 0 Å². The van der Waals surface area contributed by atoms with E-state index in [1.807, 2.05) is 13.8 Å². The largest absolute Gasteiger partial charge is 2.00 e. The van der Waals surface area contributed by atoms with Gasteiger partial charge in [-0.25, -0.2) is 0 Å². The van der Waals surface area contributed by atoms with Gasteiger partial charge in [-0.05, 0) is 26.8 Å². The monoisotopic (exact) mass is 204 g/mol. The molecule has 12 heavy (non-hydrogen) atoms. The molecule has 0 atom stereocenters. The van der Waals surface area contributed by atoms with Crippen LogP contribution in [0.4, 0.5) is 0 Å². The Morgan fingerprint density at radius 2 is 1.92 bits per heavy atom. The summed E-state index contributed by atoms with van der Waals surface area (Å²) in [7, 11) is 0. The van der Waals surface area contributed by atoms with Gasteiger partial charge in [0, 0.05) is 5.54 Å². The van der Waals surface area contributed by atoms with Crippen molar-refractivity contribution < 1.29 is 18.6 Å². The van der Waals surface area contributed by atoms with Gasteiger partial charge in [0.25, 0.3) is 0 Å². The third-order valence-electron chi connectivity index (χ3n) is 1.41. The Hall–Kier alpha value is 0.104. The molecule has 0 heterocycles. The third kappa shape index (κ3) is 10.1. The Bertz CT molecular complexity index is 124. The summed E-state index contributed by atoms with van der Waals surface area (Å²) in [6.45, 7) is 7.05. The van der Waals surface area contributed by atoms with Gasteiger partial charge in [-0.15, -0.1) is 0 Å². The van der Waals surface area contributed by atoms with Crippen LogP contribution in [0.5, 0.6) is 0 Å². The Morgan fingerprint density at radius 3 is 2.25 bits per heavy atom. The van der Waals surface area contributed by atoms with Crippen molar-refractivity contribution in [2.75, 3.05) is 6.54 Å². The molecule has 0 aromatic carbocycles. The van der Waals surface area contributed by atoms with Gasteiger partial charge in [0.1, 0.15) is 0 Å². The van der Waals surface area contributed by atoms with Crippen LogP contribution in [-0.2, 0) is 18.6 Å². The molecule has 1 nitrogen and oxygen atoms in total. The number of hydrogen-bond donors (Lipinski definition) is 1. The molecular weight excluding hydrogens is 185 g/mol. The first-order chi connectivity index (χ1) is 4.62. The van der Waals surface area contributed by atoms with Crippen molar-refractivity contribution in [2.24, 2.45) is 0 Å². The fraction of sp³-hybridized carbons (Fsp3) is 0.700. The molecule has 0 rings (SSSR count). The van der Waals surface area contributed by atoms with E-state index >= 15 is 0 Å². The van der Waals surface area contributed by atoms with Crippen molar-refractivity contribution in [3.8, 4) is 5.92 Å². The fourth-order valence-corrected chi connectivity index (χ4v) is 0.622. The molecule has 0 aliphatic rings. The standard InChI is InChI=1S/C9H16N.CH3.V/c1-5-7-8-10-9(3,4)6-2;;/h10H,5,7-8H2,1,3-4H3;1H3;/q2*-1;+2. The molecule has 0 bridgehead atoms. The summed E-state index contributed by atoms with van der Waals surface area (Å²) < 4.78 is 0. The SMILES string of the molecule is [C-]#CC(C)(C)NCCCC.[CH3-].[V+2]. The average molecular weight is 204 g/mol. The topological polar surface area (TPSA) is 12.0 Å². The zero-order valence-electron chi connectivity index (χ0n) is 8.57. The van der Waals surface area contributed by atoms with Gasteiger partial charge < -0.3 is 25.1 Å². The van der Waals surface area contributed by atoms with E-state index in [1.54, 1.807) is 0 Å². The molecule has 0 saturated carbocycles. The zero-order valence-corrected chi connectivity index (χ0v) is 9.97. The minimum absolute atomic E-state index is 0. The van der Waals surface area contributed by atoms with E-state index in [4.69, 9.17) is 6.42 Å². The van der Waals surface area contributed by atoms with E-state index in [1.165, 1.54) is 12.8 Å². The van der Waals surface area contributed by atoms with Gasteiger partial charge in [0.15, 0.2) is 0 Å². The van der Waals surface area contributed by atoms with Crippen molar-refractivity contribution >= 4 is 0 Å². The maximum atomic E-state index is 6.93. The van der Waals surface area contributed by atoms with Crippen LogP contribution >= 0.6 is 0 Å². The first-order valence-corrected chi connectivity index (χ1v) is 3.81. The van der Waals surface area contributed by atoms with Crippen molar-refractivity contribution in [3.05, 3.63) is 13.9 Å². The molecule has 0 aromatic rings. The maximum absolute atomic E-state index is 6.93. The summed E-state index contributed by atoms with van der Waals surface area (Å²) in [6, 6.07) is 0. The summed E-state index contributed by atoms with van der Waals surface area (Å²) in [6.07, 6.45) is 9.30. The molecule has 0 spiro atoms. The van der Waals surface area contributed by atoms with Crippen LogP contribution < -0.4 is 5.32 Å². The second kappa shape index (κ2) is 9.19. The molecule has 1 N–H and O–H groups in total. The molecule has 0 unspecified atom stereocenters. The van der Waals surface area contributed by atoms with Crippen LogP contribution in [-0.4, -0.2) is 12.1 Å². The fourth-order valence-electron chi connectivity index (χ4n) is 0.622. The van der Waals surface area contributed by atoms with E-state index in [0.29, 0.717) is 0 Å². The Labute approximate surface area is 89.6 Å². The van der Waals surface area contributed by atoms with Crippen LogP contribution in [0.2, 0.25) is 0 Å². The number of nitrogens with one attached hydrogen (secondary N) is 1. The van der Waals surface area contributed by atoms with Gasteiger partial charge >= 0.3 is 18.6 Å². The van der Waals surface area contributed by atoms with Crippen molar-refractivity contribution in [1.82, 2.24) is 5.32 Å². The van der Waals surface area contributed by atoms with Gasteiger partial charge in [-0.3, -0.25) is 0 Å². The Morgan fingerprint density at radius 1 is 1.42 bits per heavy atom. The summed E-state index contributed by atoms with van der Waals surface area (Å²) in [5.74, 6) is 2.44. The third-order valence-corrected chi connectivity index (χ3v) is 1.41. The minimum atomic E-state index is -0.241. The second-order valence-electron chi connectivity index (χ2n) is 3.03. The molecule has 1 radical (unpaired) electrons. The molecular formula is C10H19NV. The molecule has 0 saturated heterocycles. The molecule has 0 fully saturated rings. The average Bonchev–Trinajstić information content (AvgIpc) is 1.89. The first kappa shape index (κ1) is 18.0. The number of hydrogen-bond acceptors (Lipinski definition) is 1. The molecule has 69 valence electrons. The molecule has 0 aliphatic heterocycles. The Kier molecular flexibility index (Phi) is 13.8. The quantitative estimate of drug-likeness (QED) is 0.420. The zero-order chi connectivity index (χ0) is 8.04. The number of rotatable bonds is 4. The van der Waals surface area contributed by atoms with Gasteiger partial charge in [-0.2, -0.15) is 0 Å². The smallest absolute Gasteiger partial charge is 0.692 e. The van der Waals surface area contributed by atoms with Gasteiger partial charge in [0.05, 0.1) is 0 Å². The van der Waals surface area contributed by atoms with Gasteiger partial charge in [0.2, 0.25) is 0 Å². The normalized spacial score (nSPS) is 9.17. The minimum Gasteiger partial charge on any atom is -0.692 e. The van der Waals surface area contributed by atoms with Crippen LogP contribution in [0.25, 0.3) is 0 Å². The van der Waals surface area contributed by atoms with Crippen molar-refractivity contribution in [3.63, 3.8) is 0 Å². The van der Waals surface area contributed by atoms with E-state index < -0.39 is 0 Å². The predicted octanol–water partition coefficient (Wildman–Crippen LogP) is 2.19. The molecule has 0 amide bonds. The van der Waals surface area contributed by atoms with E-state index in [9.17, 15) is 0 Å². The van der Waals surface area contributed by atoms with Gasteiger partial charge in [-0.1, -0.05) is 13.3 Å². The number of unbranched alkanes of at least 4 members (excludes halogenated alkanes) is 1. The van der Waals surface area contributed by atoms with Crippen LogP contribution in [0.1, 0.15) is 33.6 Å². The van der Waals surface area contributed by atoms with Crippen LogP contribution in [0.15, 0.2) is 0 Å².